The molecular weight excluding hydrogens is 402 g/mol. The highest BCUT2D eigenvalue weighted by Crippen LogP contribution is 2.32. The van der Waals surface area contributed by atoms with Crippen LogP contribution in [0, 0.1) is 11.4 Å². The smallest absolute Gasteiger partial charge is 0.0563 e. The summed E-state index contributed by atoms with van der Waals surface area (Å²) in [6, 6.07) is 15.2. The largest absolute Gasteiger partial charge is 0.353 e. The third kappa shape index (κ3) is 4.16. The minimum atomic E-state index is 0.920. The third-order valence-electron chi connectivity index (χ3n) is 4.57. The van der Waals surface area contributed by atoms with Crippen molar-refractivity contribution in [1.29, 1.82) is 0 Å². The Balaban J connectivity index is 2.26. The van der Waals surface area contributed by atoms with Gasteiger partial charge in [0, 0.05) is 34.5 Å². The molecule has 0 atom stereocenters. The van der Waals surface area contributed by atoms with Gasteiger partial charge in [0.2, 0.25) is 0 Å². The van der Waals surface area contributed by atoms with E-state index in [1.807, 2.05) is 0 Å². The number of benzene rings is 2. The first kappa shape index (κ1) is 19.1. The molecule has 0 aliphatic carbocycles. The number of hydrogen-bond donors (Lipinski definition) is 0. The number of rotatable bonds is 5. The zero-order valence-corrected chi connectivity index (χ0v) is 18.0. The molecule has 1 aromatic heterocycles. The van der Waals surface area contributed by atoms with Gasteiger partial charge in [-0.3, -0.25) is 0 Å². The van der Waals surface area contributed by atoms with Crippen molar-refractivity contribution in [3.05, 3.63) is 75.0 Å². The lowest BCUT2D eigenvalue weighted by Crippen LogP contribution is -2.01. The van der Waals surface area contributed by atoms with Gasteiger partial charge >= 0.3 is 0 Å². The third-order valence-corrected chi connectivity index (χ3v) is 5.46. The van der Waals surface area contributed by atoms with E-state index in [-0.39, 0.29) is 0 Å². The van der Waals surface area contributed by atoms with E-state index in [2.05, 4.69) is 96.1 Å². The van der Waals surface area contributed by atoms with Gasteiger partial charge in [0.25, 0.3) is 0 Å². The highest BCUT2D eigenvalue weighted by Gasteiger charge is 2.10. The molecule has 26 heavy (non-hydrogen) atoms. The van der Waals surface area contributed by atoms with Crippen molar-refractivity contribution in [2.75, 3.05) is 0 Å². The summed E-state index contributed by atoms with van der Waals surface area (Å²) in [7, 11) is 0. The van der Waals surface area contributed by atoms with E-state index in [1.54, 1.807) is 0 Å². The second-order valence-electron chi connectivity index (χ2n) is 6.72. The molecule has 0 N–H and O–H groups in total. The molecule has 1 nitrogen and oxygen atoms in total. The first-order valence-electron chi connectivity index (χ1n) is 9.12. The highest BCUT2D eigenvalue weighted by molar-refractivity contribution is 9.10. The van der Waals surface area contributed by atoms with Crippen LogP contribution < -0.4 is 0 Å². The Hall–Kier alpha value is -1.71. The van der Waals surface area contributed by atoms with Crippen molar-refractivity contribution < 1.29 is 0 Å². The minimum absolute atomic E-state index is 0.920. The normalized spacial score (nSPS) is 10.9. The molecule has 3 aromatic rings. The summed E-state index contributed by atoms with van der Waals surface area (Å²) in [6.45, 7) is 7.49. The summed E-state index contributed by atoms with van der Waals surface area (Å²) in [6.07, 6.45) is 6.49. The Morgan fingerprint density at radius 3 is 2.35 bits per heavy atom. The minimum Gasteiger partial charge on any atom is -0.353 e. The summed E-state index contributed by atoms with van der Waals surface area (Å²) in [5, 5.41) is 0. The zero-order chi connectivity index (χ0) is 18.7. The van der Waals surface area contributed by atoms with Gasteiger partial charge < -0.3 is 4.57 Å². The maximum Gasteiger partial charge on any atom is 0.0563 e. The fourth-order valence-electron chi connectivity index (χ4n) is 3.25. The Labute approximate surface area is 169 Å². The molecule has 134 valence electrons. The number of pyridine rings is 1. The highest BCUT2D eigenvalue weighted by atomic mass is 79.9. The topological polar surface area (TPSA) is 4.93 Å². The summed E-state index contributed by atoms with van der Waals surface area (Å²) >= 11 is 9.59. The molecule has 0 spiro atoms. The number of hydrogen-bond acceptors (Lipinski definition) is 1. The first-order chi connectivity index (χ1) is 12.5. The van der Waals surface area contributed by atoms with Crippen LogP contribution in [0.5, 0.6) is 0 Å². The molecule has 0 aliphatic heterocycles. The van der Waals surface area contributed by atoms with Gasteiger partial charge in [0.15, 0.2) is 0 Å². The van der Waals surface area contributed by atoms with E-state index in [0.29, 0.717) is 0 Å². The fraction of sp³-hybridized carbons (Fsp3) is 0.261. The Bertz CT molecular complexity index is 988. The van der Waals surface area contributed by atoms with Crippen molar-refractivity contribution in [3.8, 4) is 22.3 Å². The summed E-state index contributed by atoms with van der Waals surface area (Å²) in [5.41, 5.74) is 7.19. The van der Waals surface area contributed by atoms with Crippen LogP contribution in [-0.4, -0.2) is 4.57 Å². The van der Waals surface area contributed by atoms with Crippen LogP contribution in [0.1, 0.15) is 31.4 Å². The lowest BCUT2D eigenvalue weighted by atomic mass is 9.99. The van der Waals surface area contributed by atoms with Gasteiger partial charge in [-0.15, -0.1) is 0 Å². The van der Waals surface area contributed by atoms with Crippen LogP contribution in [0.25, 0.3) is 22.3 Å². The van der Waals surface area contributed by atoms with E-state index in [4.69, 9.17) is 12.2 Å². The van der Waals surface area contributed by atoms with E-state index in [0.717, 1.165) is 39.5 Å². The lowest BCUT2D eigenvalue weighted by Gasteiger charge is -2.15. The monoisotopic (exact) mass is 425 g/mol. The molecular formula is C23H24BrNS. The van der Waals surface area contributed by atoms with Gasteiger partial charge in [0.1, 0.15) is 0 Å². The van der Waals surface area contributed by atoms with Crippen molar-refractivity contribution in [3.63, 3.8) is 0 Å². The molecule has 0 unspecified atom stereocenters. The van der Waals surface area contributed by atoms with E-state index >= 15 is 0 Å². The van der Waals surface area contributed by atoms with Crippen molar-refractivity contribution in [2.24, 2.45) is 0 Å². The predicted molar refractivity (Wildman–Crippen MR) is 118 cm³/mol. The zero-order valence-electron chi connectivity index (χ0n) is 15.6. The first-order valence-corrected chi connectivity index (χ1v) is 10.3. The molecule has 1 heterocycles. The molecule has 0 saturated carbocycles. The van der Waals surface area contributed by atoms with Crippen molar-refractivity contribution >= 4 is 28.1 Å². The van der Waals surface area contributed by atoms with Crippen molar-refractivity contribution in [1.82, 2.24) is 4.57 Å². The molecule has 0 aliphatic rings. The summed E-state index contributed by atoms with van der Waals surface area (Å²) in [5.74, 6) is 0. The van der Waals surface area contributed by atoms with Gasteiger partial charge in [-0.2, -0.15) is 0 Å². The Morgan fingerprint density at radius 2 is 1.69 bits per heavy atom. The van der Waals surface area contributed by atoms with E-state index < -0.39 is 0 Å². The number of aromatic nitrogens is 1. The fourth-order valence-corrected chi connectivity index (χ4v) is 4.13. The second-order valence-corrected chi connectivity index (χ2v) is 8.05. The number of aryl methyl sites for hydroxylation is 3. The molecule has 0 bridgehead atoms. The second kappa shape index (κ2) is 8.32. The number of nitrogens with zero attached hydrogens (tertiary/aromatic N) is 1. The van der Waals surface area contributed by atoms with E-state index in [9.17, 15) is 0 Å². The van der Waals surface area contributed by atoms with Crippen LogP contribution in [-0.2, 0) is 13.0 Å². The van der Waals surface area contributed by atoms with Gasteiger partial charge in [0.05, 0.1) is 4.51 Å². The van der Waals surface area contributed by atoms with Crippen LogP contribution >= 0.6 is 28.1 Å². The molecule has 0 saturated heterocycles. The van der Waals surface area contributed by atoms with Gasteiger partial charge in [-0.25, -0.2) is 0 Å². The summed E-state index contributed by atoms with van der Waals surface area (Å²) < 4.78 is 4.29. The molecule has 0 radical (unpaired) electrons. The van der Waals surface area contributed by atoms with Gasteiger partial charge in [-0.05, 0) is 48.6 Å². The molecule has 2 aromatic carbocycles. The standard InChI is InChI=1S/C23H24BrNS/c1-4-9-25-14-21(18-8-6-7-16(3)10-18)23(26)22(15-25)19-11-17(5-2)12-20(24)13-19/h6-8,10-15H,4-5,9H2,1-3H3. The molecule has 3 rings (SSSR count). The quantitative estimate of drug-likeness (QED) is 0.381. The predicted octanol–water partition coefficient (Wildman–Crippen LogP) is 7.59. The maximum absolute atomic E-state index is 5.94. The molecule has 3 heteroatoms. The maximum atomic E-state index is 5.94. The Morgan fingerprint density at radius 1 is 0.962 bits per heavy atom. The van der Waals surface area contributed by atoms with Crippen molar-refractivity contribution in [2.45, 2.75) is 40.2 Å². The van der Waals surface area contributed by atoms with Crippen LogP contribution in [0.15, 0.2) is 59.3 Å². The Kier molecular flexibility index (Phi) is 6.10. The average Bonchev–Trinajstić information content (AvgIpc) is 2.62. The molecule has 0 fully saturated rings. The lowest BCUT2D eigenvalue weighted by molar-refractivity contribution is 0.676. The molecule has 0 amide bonds. The number of halogens is 1. The van der Waals surface area contributed by atoms with Crippen LogP contribution in [0.2, 0.25) is 0 Å². The van der Waals surface area contributed by atoms with E-state index in [1.165, 1.54) is 22.3 Å². The summed E-state index contributed by atoms with van der Waals surface area (Å²) in [4.78, 5) is 0. The van der Waals surface area contributed by atoms with Crippen LogP contribution in [0.4, 0.5) is 0 Å². The average molecular weight is 426 g/mol. The van der Waals surface area contributed by atoms with Gasteiger partial charge in [-0.1, -0.05) is 77.9 Å². The SMILES string of the molecule is CCCn1cc(-c2cccc(C)c2)c(=S)c(-c2cc(Br)cc(CC)c2)c1. The van der Waals surface area contributed by atoms with Crippen LogP contribution in [0.3, 0.4) is 0 Å².